The van der Waals surface area contributed by atoms with Crippen LogP contribution in [-0.4, -0.2) is 53.7 Å². The summed E-state index contributed by atoms with van der Waals surface area (Å²) >= 11 is 0. The first-order valence-corrected chi connectivity index (χ1v) is 9.37. The molecule has 2 heterocycles. The van der Waals surface area contributed by atoms with Gasteiger partial charge in [-0.1, -0.05) is 12.6 Å². The number of nitrogens with one attached hydrogen (secondary N) is 1. The molecule has 3 rings (SSSR count). The Kier molecular flexibility index (Phi) is 5.95. The molecule has 0 aliphatic carbocycles. The van der Waals surface area contributed by atoms with Gasteiger partial charge < -0.3 is 15.1 Å². The van der Waals surface area contributed by atoms with Gasteiger partial charge in [0.2, 0.25) is 17.7 Å². The summed E-state index contributed by atoms with van der Waals surface area (Å²) in [5.41, 5.74) is -0.718. The molecule has 2 saturated heterocycles. The van der Waals surface area contributed by atoms with E-state index in [1.807, 2.05) is 0 Å². The minimum atomic E-state index is -4.47. The average molecular weight is 409 g/mol. The molecule has 0 spiro atoms. The lowest BCUT2D eigenvalue weighted by Gasteiger charge is -2.41. The first-order chi connectivity index (χ1) is 13.7. The summed E-state index contributed by atoms with van der Waals surface area (Å²) in [6.07, 6.45) is -2.37. The first kappa shape index (κ1) is 20.9. The zero-order valence-electron chi connectivity index (χ0n) is 15.7. The van der Waals surface area contributed by atoms with Crippen LogP contribution in [0, 0.1) is 11.8 Å². The van der Waals surface area contributed by atoms with E-state index in [0.717, 1.165) is 12.1 Å². The smallest absolute Gasteiger partial charge is 0.342 e. The number of carbonyl (C=O) groups is 3. The fraction of sp³-hybridized carbons (Fsp3) is 0.450. The molecule has 1 aromatic carbocycles. The highest BCUT2D eigenvalue weighted by molar-refractivity contribution is 5.93. The highest BCUT2D eigenvalue weighted by atomic mass is 19.4. The summed E-state index contributed by atoms with van der Waals surface area (Å²) in [6, 6.07) is 4.52. The van der Waals surface area contributed by atoms with Gasteiger partial charge in [0.1, 0.15) is 0 Å². The van der Waals surface area contributed by atoms with Crippen molar-refractivity contribution in [2.75, 3.05) is 31.5 Å². The number of halogens is 3. The molecule has 1 aromatic rings. The van der Waals surface area contributed by atoms with Gasteiger partial charge in [-0.3, -0.25) is 14.4 Å². The highest BCUT2D eigenvalue weighted by Crippen LogP contribution is 2.31. The molecule has 6 nitrogen and oxygen atoms in total. The summed E-state index contributed by atoms with van der Waals surface area (Å²) < 4.78 is 38.4. The molecule has 29 heavy (non-hydrogen) atoms. The fourth-order valence-electron chi connectivity index (χ4n) is 3.58. The maximum atomic E-state index is 12.8. The third kappa shape index (κ3) is 4.78. The number of piperidine rings is 1. The molecular formula is C20H22F3N3O3. The second-order valence-corrected chi connectivity index (χ2v) is 7.31. The Morgan fingerprint density at radius 1 is 1.07 bits per heavy atom. The van der Waals surface area contributed by atoms with E-state index in [4.69, 9.17) is 0 Å². The van der Waals surface area contributed by atoms with E-state index in [0.29, 0.717) is 39.0 Å². The van der Waals surface area contributed by atoms with Crippen molar-refractivity contribution in [3.63, 3.8) is 0 Å². The van der Waals surface area contributed by atoms with Crippen molar-refractivity contribution in [1.82, 2.24) is 9.80 Å². The first-order valence-electron chi connectivity index (χ1n) is 9.37. The van der Waals surface area contributed by atoms with Gasteiger partial charge in [0, 0.05) is 37.8 Å². The Bertz CT molecular complexity index is 811. The van der Waals surface area contributed by atoms with Gasteiger partial charge in [0.05, 0.1) is 11.5 Å². The van der Waals surface area contributed by atoms with Crippen LogP contribution in [0.5, 0.6) is 0 Å². The van der Waals surface area contributed by atoms with E-state index < -0.39 is 11.7 Å². The molecule has 2 fully saturated rings. The van der Waals surface area contributed by atoms with Gasteiger partial charge in [-0.2, -0.15) is 13.2 Å². The van der Waals surface area contributed by atoms with E-state index in [2.05, 4.69) is 11.9 Å². The molecule has 0 unspecified atom stereocenters. The molecular weight excluding hydrogens is 387 g/mol. The quantitative estimate of drug-likeness (QED) is 0.777. The Labute approximate surface area is 166 Å². The third-order valence-electron chi connectivity index (χ3n) is 5.35. The Hall–Kier alpha value is -2.84. The largest absolute Gasteiger partial charge is 0.416 e. The number of benzene rings is 1. The minimum Gasteiger partial charge on any atom is -0.342 e. The standard InChI is InChI=1S/C20H22F3N3O3/c1-2-17(27)26-11-14(12-26)19(29)25-8-6-13(7-9-25)18(28)24-16-5-3-4-15(10-16)20(21,22)23/h2-5,10,13-14H,1,6-9,11-12H2,(H,24,28). The van der Waals surface area contributed by atoms with Crippen molar-refractivity contribution in [3.8, 4) is 0 Å². The molecule has 0 bridgehead atoms. The monoisotopic (exact) mass is 409 g/mol. The van der Waals surface area contributed by atoms with Gasteiger partial charge >= 0.3 is 6.18 Å². The SMILES string of the molecule is C=CC(=O)N1CC(C(=O)N2CCC(C(=O)Nc3cccc(C(F)(F)F)c3)CC2)C1. The van der Waals surface area contributed by atoms with Crippen molar-refractivity contribution in [3.05, 3.63) is 42.5 Å². The number of carbonyl (C=O) groups excluding carboxylic acids is 3. The number of amides is 3. The zero-order valence-corrected chi connectivity index (χ0v) is 15.7. The minimum absolute atomic E-state index is 0.0325. The Balaban J connectivity index is 1.48. The predicted molar refractivity (Wildman–Crippen MR) is 99.6 cm³/mol. The van der Waals surface area contributed by atoms with Crippen LogP contribution in [0.2, 0.25) is 0 Å². The van der Waals surface area contributed by atoms with Crippen molar-refractivity contribution < 1.29 is 27.6 Å². The van der Waals surface area contributed by atoms with Crippen LogP contribution < -0.4 is 5.32 Å². The number of nitrogens with zero attached hydrogens (tertiary/aromatic N) is 2. The number of hydrogen-bond acceptors (Lipinski definition) is 3. The van der Waals surface area contributed by atoms with Crippen molar-refractivity contribution >= 4 is 23.4 Å². The summed E-state index contributed by atoms with van der Waals surface area (Å²) in [5.74, 6) is -1.17. The van der Waals surface area contributed by atoms with Gasteiger partial charge in [-0.25, -0.2) is 0 Å². The van der Waals surface area contributed by atoms with Crippen LogP contribution >= 0.6 is 0 Å². The molecule has 3 amide bonds. The van der Waals surface area contributed by atoms with E-state index in [1.54, 1.807) is 9.80 Å². The van der Waals surface area contributed by atoms with Crippen molar-refractivity contribution in [1.29, 1.82) is 0 Å². The van der Waals surface area contributed by atoms with Crippen LogP contribution in [0.1, 0.15) is 18.4 Å². The molecule has 1 N–H and O–H groups in total. The van der Waals surface area contributed by atoms with Crippen LogP contribution in [0.25, 0.3) is 0 Å². The highest BCUT2D eigenvalue weighted by Gasteiger charge is 2.38. The van der Waals surface area contributed by atoms with Gasteiger partial charge in [-0.15, -0.1) is 0 Å². The number of rotatable bonds is 4. The number of likely N-dealkylation sites (tertiary alicyclic amines) is 2. The van der Waals surface area contributed by atoms with Crippen LogP contribution in [0.15, 0.2) is 36.9 Å². The average Bonchev–Trinajstić information content (AvgIpc) is 2.66. The normalized spacial score (nSPS) is 18.2. The van der Waals surface area contributed by atoms with Crippen molar-refractivity contribution in [2.45, 2.75) is 19.0 Å². The molecule has 2 aliphatic heterocycles. The van der Waals surface area contributed by atoms with E-state index in [9.17, 15) is 27.6 Å². The molecule has 0 radical (unpaired) electrons. The lowest BCUT2D eigenvalue weighted by atomic mass is 9.92. The zero-order chi connectivity index (χ0) is 21.2. The van der Waals surface area contributed by atoms with E-state index in [1.165, 1.54) is 18.2 Å². The summed E-state index contributed by atoms with van der Waals surface area (Å²) in [7, 11) is 0. The molecule has 156 valence electrons. The number of hydrogen-bond donors (Lipinski definition) is 1. The van der Waals surface area contributed by atoms with Crippen LogP contribution in [0.3, 0.4) is 0 Å². The maximum absolute atomic E-state index is 12.8. The molecule has 9 heteroatoms. The fourth-order valence-corrected chi connectivity index (χ4v) is 3.58. The number of alkyl halides is 3. The second kappa shape index (κ2) is 8.26. The second-order valence-electron chi connectivity index (χ2n) is 7.31. The van der Waals surface area contributed by atoms with Gasteiger partial charge in [-0.05, 0) is 37.1 Å². The maximum Gasteiger partial charge on any atom is 0.416 e. The predicted octanol–water partition coefficient (Wildman–Crippen LogP) is 2.53. The van der Waals surface area contributed by atoms with Gasteiger partial charge in [0.25, 0.3) is 0 Å². The lowest BCUT2D eigenvalue weighted by Crippen LogP contribution is -2.57. The summed E-state index contributed by atoms with van der Waals surface area (Å²) in [4.78, 5) is 39.6. The van der Waals surface area contributed by atoms with E-state index >= 15 is 0 Å². The summed E-state index contributed by atoms with van der Waals surface area (Å²) in [6.45, 7) is 4.98. The molecule has 0 saturated carbocycles. The van der Waals surface area contributed by atoms with Gasteiger partial charge in [0.15, 0.2) is 0 Å². The van der Waals surface area contributed by atoms with Crippen LogP contribution in [0.4, 0.5) is 18.9 Å². The molecule has 2 aliphatic rings. The number of anilines is 1. The van der Waals surface area contributed by atoms with Crippen LogP contribution in [-0.2, 0) is 20.6 Å². The lowest BCUT2D eigenvalue weighted by molar-refractivity contribution is -0.148. The Morgan fingerprint density at radius 2 is 1.72 bits per heavy atom. The molecule has 0 aromatic heterocycles. The van der Waals surface area contributed by atoms with E-state index in [-0.39, 0.29) is 35.2 Å². The molecule has 0 atom stereocenters. The summed E-state index contributed by atoms with van der Waals surface area (Å²) in [5, 5.41) is 2.54. The Morgan fingerprint density at radius 3 is 2.31 bits per heavy atom. The topological polar surface area (TPSA) is 69.7 Å². The van der Waals surface area contributed by atoms with Crippen molar-refractivity contribution in [2.24, 2.45) is 11.8 Å². The third-order valence-corrected chi connectivity index (χ3v) is 5.35.